The molecule has 0 unspecified atom stereocenters. The third kappa shape index (κ3) is 3.69. The number of aromatic nitrogens is 3. The van der Waals surface area contributed by atoms with E-state index >= 15 is 0 Å². The first-order valence-electron chi connectivity index (χ1n) is 9.86. The number of nitrogens with one attached hydrogen (secondary N) is 1. The Morgan fingerprint density at radius 1 is 1.32 bits per heavy atom. The summed E-state index contributed by atoms with van der Waals surface area (Å²) in [6, 6.07) is 2.00. The van der Waals surface area contributed by atoms with Crippen molar-refractivity contribution in [2.45, 2.75) is 47.2 Å². The van der Waals surface area contributed by atoms with E-state index in [1.54, 1.807) is 6.20 Å². The summed E-state index contributed by atoms with van der Waals surface area (Å²) < 4.78 is 8.97. The zero-order valence-corrected chi connectivity index (χ0v) is 17.3. The molecular formula is C20H29N5O3. The standard InChI is InChI=1S/C20H29N5O3/c1-6-23(7-2)9-8-21-17(26)12-24-20(27)18-15(11-22-24)19-16(10-14(5)28-19)25(18)13(3)4/h10-11,13H,6-9,12H2,1-5H3,(H,21,26). The molecule has 0 radical (unpaired) electrons. The van der Waals surface area contributed by atoms with E-state index in [0.717, 1.165) is 30.9 Å². The van der Waals surface area contributed by atoms with Crippen LogP contribution in [-0.4, -0.2) is 51.3 Å². The van der Waals surface area contributed by atoms with Gasteiger partial charge in [0.25, 0.3) is 5.56 Å². The molecule has 8 nitrogen and oxygen atoms in total. The lowest BCUT2D eigenvalue weighted by Gasteiger charge is -2.18. The van der Waals surface area contributed by atoms with Crippen LogP contribution in [0, 0.1) is 6.92 Å². The number of furan rings is 1. The maximum absolute atomic E-state index is 13.1. The Labute approximate surface area is 164 Å². The monoisotopic (exact) mass is 387 g/mol. The minimum absolute atomic E-state index is 0.0726. The van der Waals surface area contributed by atoms with Gasteiger partial charge < -0.3 is 19.2 Å². The fourth-order valence-corrected chi connectivity index (χ4v) is 3.60. The van der Waals surface area contributed by atoms with Crippen LogP contribution >= 0.6 is 0 Å². The van der Waals surface area contributed by atoms with E-state index in [0.29, 0.717) is 23.0 Å². The van der Waals surface area contributed by atoms with Crippen molar-refractivity contribution in [1.29, 1.82) is 0 Å². The van der Waals surface area contributed by atoms with E-state index in [1.165, 1.54) is 4.68 Å². The first-order valence-corrected chi connectivity index (χ1v) is 9.86. The van der Waals surface area contributed by atoms with Gasteiger partial charge in [-0.1, -0.05) is 13.8 Å². The van der Waals surface area contributed by atoms with Gasteiger partial charge >= 0.3 is 0 Å². The van der Waals surface area contributed by atoms with Crippen LogP contribution in [0.2, 0.25) is 0 Å². The minimum atomic E-state index is -0.283. The van der Waals surface area contributed by atoms with Crippen LogP contribution in [-0.2, 0) is 11.3 Å². The fourth-order valence-electron chi connectivity index (χ4n) is 3.60. The van der Waals surface area contributed by atoms with Crippen LogP contribution in [0.25, 0.3) is 22.0 Å². The van der Waals surface area contributed by atoms with Gasteiger partial charge in [-0.25, -0.2) is 4.68 Å². The van der Waals surface area contributed by atoms with Crippen LogP contribution in [0.4, 0.5) is 0 Å². The van der Waals surface area contributed by atoms with Gasteiger partial charge in [0, 0.05) is 25.2 Å². The van der Waals surface area contributed by atoms with Crippen LogP contribution in [0.1, 0.15) is 39.5 Å². The van der Waals surface area contributed by atoms with Gasteiger partial charge in [0.1, 0.15) is 17.8 Å². The smallest absolute Gasteiger partial charge is 0.291 e. The number of amides is 1. The summed E-state index contributed by atoms with van der Waals surface area (Å²) in [5, 5.41) is 7.76. The van der Waals surface area contributed by atoms with Crippen LogP contribution in [0.3, 0.4) is 0 Å². The highest BCUT2D eigenvalue weighted by atomic mass is 16.3. The number of fused-ring (bicyclic) bond motifs is 3. The first-order chi connectivity index (χ1) is 13.4. The van der Waals surface area contributed by atoms with E-state index in [2.05, 4.69) is 29.2 Å². The number of carbonyl (C=O) groups is 1. The van der Waals surface area contributed by atoms with Crippen molar-refractivity contribution in [1.82, 2.24) is 24.6 Å². The van der Waals surface area contributed by atoms with Gasteiger partial charge in [0.2, 0.25) is 5.91 Å². The SMILES string of the molecule is CCN(CC)CCNC(=O)Cn1ncc2c3oc(C)cc3n(C(C)C)c2c1=O. The van der Waals surface area contributed by atoms with E-state index in [4.69, 9.17) is 4.42 Å². The first kappa shape index (κ1) is 20.1. The van der Waals surface area contributed by atoms with Gasteiger partial charge in [-0.3, -0.25) is 9.59 Å². The molecule has 3 heterocycles. The van der Waals surface area contributed by atoms with E-state index < -0.39 is 0 Å². The number of carbonyl (C=O) groups excluding carboxylic acids is 1. The fraction of sp³-hybridized carbons (Fsp3) is 0.550. The lowest BCUT2D eigenvalue weighted by atomic mass is 10.3. The van der Waals surface area contributed by atoms with Crippen molar-refractivity contribution in [3.05, 3.63) is 28.4 Å². The van der Waals surface area contributed by atoms with Crippen LogP contribution < -0.4 is 10.9 Å². The zero-order chi connectivity index (χ0) is 20.4. The number of hydrogen-bond donors (Lipinski definition) is 1. The highest BCUT2D eigenvalue weighted by molar-refractivity contribution is 6.04. The molecule has 1 N–H and O–H groups in total. The predicted molar refractivity (Wildman–Crippen MR) is 110 cm³/mol. The second-order valence-corrected chi connectivity index (χ2v) is 7.28. The summed E-state index contributed by atoms with van der Waals surface area (Å²) in [6.45, 7) is 13.2. The van der Waals surface area contributed by atoms with Crippen molar-refractivity contribution < 1.29 is 9.21 Å². The average molecular weight is 387 g/mol. The molecule has 0 aliphatic heterocycles. The van der Waals surface area contributed by atoms with E-state index in [1.807, 2.05) is 31.4 Å². The number of hydrogen-bond acceptors (Lipinski definition) is 5. The number of rotatable bonds is 8. The Hall–Kier alpha value is -2.61. The molecule has 0 aliphatic carbocycles. The minimum Gasteiger partial charge on any atom is -0.459 e. The summed E-state index contributed by atoms with van der Waals surface area (Å²) in [7, 11) is 0. The third-order valence-electron chi connectivity index (χ3n) is 5.05. The number of likely N-dealkylation sites (N-methyl/N-ethyl adjacent to an activating group) is 1. The molecule has 0 atom stereocenters. The maximum Gasteiger partial charge on any atom is 0.291 e. The zero-order valence-electron chi connectivity index (χ0n) is 17.3. The van der Waals surface area contributed by atoms with Crippen molar-refractivity contribution in [3.63, 3.8) is 0 Å². The quantitative estimate of drug-likeness (QED) is 0.641. The molecule has 1 amide bonds. The molecule has 3 aromatic heterocycles. The Morgan fingerprint density at radius 3 is 2.68 bits per heavy atom. The van der Waals surface area contributed by atoms with E-state index in [9.17, 15) is 9.59 Å². The number of nitrogens with zero attached hydrogens (tertiary/aromatic N) is 4. The molecule has 0 saturated heterocycles. The normalized spacial score (nSPS) is 12.0. The molecule has 8 heteroatoms. The lowest BCUT2D eigenvalue weighted by molar-refractivity contribution is -0.121. The topological polar surface area (TPSA) is 85.3 Å². The summed E-state index contributed by atoms with van der Waals surface area (Å²) in [5.74, 6) is 0.571. The summed E-state index contributed by atoms with van der Waals surface area (Å²) in [6.07, 6.45) is 1.62. The molecule has 3 rings (SSSR count). The molecule has 152 valence electrons. The van der Waals surface area contributed by atoms with Gasteiger partial charge in [-0.15, -0.1) is 0 Å². The Kier molecular flexibility index (Phi) is 5.88. The molecule has 3 aromatic rings. The van der Waals surface area contributed by atoms with Crippen molar-refractivity contribution >= 4 is 27.9 Å². The lowest BCUT2D eigenvalue weighted by Crippen LogP contribution is -2.38. The van der Waals surface area contributed by atoms with Crippen molar-refractivity contribution in [2.75, 3.05) is 26.2 Å². The van der Waals surface area contributed by atoms with Gasteiger partial charge in [0.05, 0.1) is 17.1 Å². The van der Waals surface area contributed by atoms with Crippen LogP contribution in [0.15, 0.2) is 21.5 Å². The molecule has 0 fully saturated rings. The molecule has 0 spiro atoms. The van der Waals surface area contributed by atoms with Crippen molar-refractivity contribution in [3.8, 4) is 0 Å². The highest BCUT2D eigenvalue weighted by Crippen LogP contribution is 2.31. The molecule has 0 saturated carbocycles. The summed E-state index contributed by atoms with van der Waals surface area (Å²) >= 11 is 0. The van der Waals surface area contributed by atoms with Crippen molar-refractivity contribution in [2.24, 2.45) is 0 Å². The molecule has 0 aromatic carbocycles. The average Bonchev–Trinajstić information content (AvgIpc) is 3.16. The summed E-state index contributed by atoms with van der Waals surface area (Å²) in [5.41, 5.74) is 1.79. The van der Waals surface area contributed by atoms with Gasteiger partial charge in [0.15, 0.2) is 5.58 Å². The maximum atomic E-state index is 13.1. The second kappa shape index (κ2) is 8.18. The molecule has 28 heavy (non-hydrogen) atoms. The number of aryl methyl sites for hydroxylation is 1. The second-order valence-electron chi connectivity index (χ2n) is 7.28. The predicted octanol–water partition coefficient (Wildman–Crippen LogP) is 2.29. The Morgan fingerprint density at radius 2 is 2.04 bits per heavy atom. The van der Waals surface area contributed by atoms with Gasteiger partial charge in [-0.2, -0.15) is 5.10 Å². The largest absolute Gasteiger partial charge is 0.459 e. The molecular weight excluding hydrogens is 358 g/mol. The summed E-state index contributed by atoms with van der Waals surface area (Å²) in [4.78, 5) is 27.6. The van der Waals surface area contributed by atoms with Gasteiger partial charge in [-0.05, 0) is 33.9 Å². The molecule has 0 bridgehead atoms. The Balaban J connectivity index is 1.87. The van der Waals surface area contributed by atoms with Crippen LogP contribution in [0.5, 0.6) is 0 Å². The third-order valence-corrected chi connectivity index (χ3v) is 5.05. The highest BCUT2D eigenvalue weighted by Gasteiger charge is 2.21. The van der Waals surface area contributed by atoms with E-state index in [-0.39, 0.29) is 24.1 Å². The molecule has 0 aliphatic rings. The Bertz CT molecular complexity index is 1040.